The van der Waals surface area contributed by atoms with E-state index in [0.29, 0.717) is 16.8 Å². The van der Waals surface area contributed by atoms with Gasteiger partial charge in [-0.25, -0.2) is 8.78 Å². The van der Waals surface area contributed by atoms with E-state index in [2.05, 4.69) is 10.3 Å². The molecule has 110 valence electrons. The van der Waals surface area contributed by atoms with Gasteiger partial charge in [0.2, 0.25) is 0 Å². The third-order valence-electron chi connectivity index (χ3n) is 3.12. The third-order valence-corrected chi connectivity index (χ3v) is 3.12. The van der Waals surface area contributed by atoms with Gasteiger partial charge in [0.05, 0.1) is 4.92 Å². The summed E-state index contributed by atoms with van der Waals surface area (Å²) < 4.78 is 27.1. The molecule has 0 saturated heterocycles. The van der Waals surface area contributed by atoms with Gasteiger partial charge < -0.3 is 5.32 Å². The molecule has 1 N–H and O–H groups in total. The Hall–Kier alpha value is -3.09. The summed E-state index contributed by atoms with van der Waals surface area (Å²) in [5.41, 5.74) is 1.02. The van der Waals surface area contributed by atoms with Gasteiger partial charge in [0.15, 0.2) is 5.82 Å². The Morgan fingerprint density at radius 2 is 1.82 bits per heavy atom. The molecule has 0 saturated carbocycles. The molecule has 1 heterocycles. The van der Waals surface area contributed by atoms with Crippen LogP contribution in [0.4, 0.5) is 25.8 Å². The summed E-state index contributed by atoms with van der Waals surface area (Å²) in [6.45, 7) is 0. The average Bonchev–Trinajstić information content (AvgIpc) is 2.48. The number of benzene rings is 2. The number of hydrogen-bond donors (Lipinski definition) is 1. The van der Waals surface area contributed by atoms with Crippen molar-refractivity contribution in [3.8, 4) is 0 Å². The molecule has 0 radical (unpaired) electrons. The summed E-state index contributed by atoms with van der Waals surface area (Å²) in [7, 11) is 0. The van der Waals surface area contributed by atoms with Gasteiger partial charge in [0.1, 0.15) is 11.3 Å². The minimum absolute atomic E-state index is 0.0396. The quantitative estimate of drug-likeness (QED) is 0.582. The van der Waals surface area contributed by atoms with Crippen molar-refractivity contribution in [2.24, 2.45) is 0 Å². The van der Waals surface area contributed by atoms with E-state index in [1.54, 1.807) is 6.07 Å². The molecule has 0 aliphatic rings. The molecular formula is C15H9F2N3O2. The zero-order valence-electron chi connectivity index (χ0n) is 11.1. The second-order valence-electron chi connectivity index (χ2n) is 4.57. The van der Waals surface area contributed by atoms with E-state index in [-0.39, 0.29) is 11.2 Å². The molecule has 2 aromatic carbocycles. The normalized spacial score (nSPS) is 10.6. The lowest BCUT2D eigenvalue weighted by Crippen LogP contribution is -1.95. The molecule has 0 bridgehead atoms. The zero-order chi connectivity index (χ0) is 15.7. The highest BCUT2D eigenvalue weighted by Crippen LogP contribution is 2.28. The van der Waals surface area contributed by atoms with Gasteiger partial charge in [-0.15, -0.1) is 0 Å². The van der Waals surface area contributed by atoms with E-state index in [9.17, 15) is 18.9 Å². The summed E-state index contributed by atoms with van der Waals surface area (Å²) in [6.07, 6.45) is 1.40. The fourth-order valence-corrected chi connectivity index (χ4v) is 2.11. The summed E-state index contributed by atoms with van der Waals surface area (Å²) in [5, 5.41) is 13.9. The lowest BCUT2D eigenvalue weighted by Gasteiger charge is -2.10. The molecule has 5 nitrogen and oxygen atoms in total. The van der Waals surface area contributed by atoms with E-state index in [0.717, 1.165) is 6.07 Å². The highest BCUT2D eigenvalue weighted by molar-refractivity contribution is 5.93. The fraction of sp³-hybridized carbons (Fsp3) is 0. The number of pyridine rings is 1. The maximum Gasteiger partial charge on any atom is 0.269 e. The Kier molecular flexibility index (Phi) is 3.38. The molecule has 22 heavy (non-hydrogen) atoms. The van der Waals surface area contributed by atoms with E-state index in [1.807, 2.05) is 0 Å². The van der Waals surface area contributed by atoms with Crippen LogP contribution < -0.4 is 5.32 Å². The lowest BCUT2D eigenvalue weighted by atomic mass is 10.1. The van der Waals surface area contributed by atoms with Crippen molar-refractivity contribution in [1.82, 2.24) is 4.98 Å². The standard InChI is InChI=1S/C15H9F2N3O2/c16-9-7-12-14(5-6-18-15(12)13(17)8-9)19-10-1-3-11(4-2-10)20(21)22/h1-8H,(H,18,19). The molecule has 7 heteroatoms. The average molecular weight is 301 g/mol. The van der Waals surface area contributed by atoms with Crippen LogP contribution in [0, 0.1) is 21.7 Å². The Labute approximate surface area is 123 Å². The smallest absolute Gasteiger partial charge is 0.269 e. The summed E-state index contributed by atoms with van der Waals surface area (Å²) in [5.74, 6) is -1.45. The number of anilines is 2. The van der Waals surface area contributed by atoms with Crippen molar-refractivity contribution in [3.05, 3.63) is 70.4 Å². The molecule has 0 aliphatic heterocycles. The number of nitro benzene ring substituents is 1. The zero-order valence-corrected chi connectivity index (χ0v) is 11.1. The van der Waals surface area contributed by atoms with Crippen molar-refractivity contribution in [2.45, 2.75) is 0 Å². The van der Waals surface area contributed by atoms with Gasteiger partial charge in [-0.1, -0.05) is 0 Å². The van der Waals surface area contributed by atoms with Gasteiger partial charge in [-0.3, -0.25) is 15.1 Å². The van der Waals surface area contributed by atoms with Gasteiger partial charge in [0.25, 0.3) is 5.69 Å². The minimum Gasteiger partial charge on any atom is -0.355 e. The largest absolute Gasteiger partial charge is 0.355 e. The predicted octanol–water partition coefficient (Wildman–Crippen LogP) is 4.16. The van der Waals surface area contributed by atoms with Crippen molar-refractivity contribution in [2.75, 3.05) is 5.32 Å². The van der Waals surface area contributed by atoms with Crippen LogP contribution in [-0.2, 0) is 0 Å². The molecule has 0 spiro atoms. The van der Waals surface area contributed by atoms with E-state index < -0.39 is 16.6 Å². The van der Waals surface area contributed by atoms with E-state index in [1.165, 1.54) is 36.5 Å². The maximum atomic E-state index is 13.7. The molecule has 0 amide bonds. The monoisotopic (exact) mass is 301 g/mol. The first kappa shape index (κ1) is 13.9. The first-order chi connectivity index (χ1) is 10.5. The number of halogens is 2. The lowest BCUT2D eigenvalue weighted by molar-refractivity contribution is -0.384. The van der Waals surface area contributed by atoms with Gasteiger partial charge in [-0.05, 0) is 24.3 Å². The Morgan fingerprint density at radius 3 is 2.50 bits per heavy atom. The van der Waals surface area contributed by atoms with Crippen LogP contribution in [0.2, 0.25) is 0 Å². The topological polar surface area (TPSA) is 68.1 Å². The van der Waals surface area contributed by atoms with Gasteiger partial charge in [-0.2, -0.15) is 0 Å². The maximum absolute atomic E-state index is 13.7. The number of hydrogen-bond acceptors (Lipinski definition) is 4. The number of rotatable bonds is 3. The van der Waals surface area contributed by atoms with Crippen LogP contribution in [0.3, 0.4) is 0 Å². The van der Waals surface area contributed by atoms with Crippen LogP contribution in [0.5, 0.6) is 0 Å². The van der Waals surface area contributed by atoms with E-state index in [4.69, 9.17) is 0 Å². The fourth-order valence-electron chi connectivity index (χ4n) is 2.11. The SMILES string of the molecule is O=[N+]([O-])c1ccc(Nc2ccnc3c(F)cc(F)cc23)cc1. The summed E-state index contributed by atoms with van der Waals surface area (Å²) >= 11 is 0. The van der Waals surface area contributed by atoms with Crippen LogP contribution in [0.1, 0.15) is 0 Å². The van der Waals surface area contributed by atoms with Crippen molar-refractivity contribution < 1.29 is 13.7 Å². The van der Waals surface area contributed by atoms with Crippen LogP contribution in [-0.4, -0.2) is 9.91 Å². The van der Waals surface area contributed by atoms with Crippen LogP contribution >= 0.6 is 0 Å². The van der Waals surface area contributed by atoms with Crippen molar-refractivity contribution in [3.63, 3.8) is 0 Å². The Morgan fingerprint density at radius 1 is 1.09 bits per heavy atom. The van der Waals surface area contributed by atoms with Crippen molar-refractivity contribution in [1.29, 1.82) is 0 Å². The molecule has 1 aromatic heterocycles. The molecule has 0 atom stereocenters. The number of nitrogens with one attached hydrogen (secondary N) is 1. The molecular weight excluding hydrogens is 292 g/mol. The molecule has 0 aliphatic carbocycles. The number of nitro groups is 1. The Balaban J connectivity index is 2.02. The Bertz CT molecular complexity index is 867. The number of non-ortho nitro benzene ring substituents is 1. The minimum atomic E-state index is -0.748. The highest BCUT2D eigenvalue weighted by Gasteiger charge is 2.10. The first-order valence-corrected chi connectivity index (χ1v) is 6.30. The van der Waals surface area contributed by atoms with Gasteiger partial charge in [0, 0.05) is 41.2 Å². The molecule has 0 unspecified atom stereocenters. The second-order valence-corrected chi connectivity index (χ2v) is 4.57. The van der Waals surface area contributed by atoms with Crippen LogP contribution in [0.25, 0.3) is 10.9 Å². The van der Waals surface area contributed by atoms with Gasteiger partial charge >= 0.3 is 0 Å². The predicted molar refractivity (Wildman–Crippen MR) is 78.0 cm³/mol. The number of aromatic nitrogens is 1. The summed E-state index contributed by atoms with van der Waals surface area (Å²) in [4.78, 5) is 14.0. The number of fused-ring (bicyclic) bond motifs is 1. The van der Waals surface area contributed by atoms with Crippen LogP contribution in [0.15, 0.2) is 48.7 Å². The second kappa shape index (κ2) is 5.36. The highest BCUT2D eigenvalue weighted by atomic mass is 19.1. The third kappa shape index (κ3) is 2.56. The first-order valence-electron chi connectivity index (χ1n) is 6.30. The molecule has 3 aromatic rings. The molecule has 0 fully saturated rings. The van der Waals surface area contributed by atoms with E-state index >= 15 is 0 Å². The molecule has 3 rings (SSSR count). The van der Waals surface area contributed by atoms with Crippen molar-refractivity contribution >= 4 is 28.0 Å². The summed E-state index contributed by atoms with van der Waals surface area (Å²) in [6, 6.07) is 9.23. The number of nitrogens with zero attached hydrogens (tertiary/aromatic N) is 2.